The van der Waals surface area contributed by atoms with Gasteiger partial charge in [0, 0.05) is 17.3 Å². The van der Waals surface area contributed by atoms with Gasteiger partial charge in [-0.3, -0.25) is 9.59 Å². The highest BCUT2D eigenvalue weighted by atomic mass is 35.5. The SMILES string of the molecule is Cl.O=C(CNC(=O)C1CCNC1)Nc1ccc(Cl)cc1. The van der Waals surface area contributed by atoms with Gasteiger partial charge in [0.25, 0.3) is 0 Å². The summed E-state index contributed by atoms with van der Waals surface area (Å²) >= 11 is 5.75. The number of rotatable bonds is 4. The van der Waals surface area contributed by atoms with Crippen LogP contribution < -0.4 is 16.0 Å². The fraction of sp³-hybridized carbons (Fsp3) is 0.385. The number of carbonyl (C=O) groups is 2. The summed E-state index contributed by atoms with van der Waals surface area (Å²) in [4.78, 5) is 23.3. The molecule has 110 valence electrons. The molecule has 3 N–H and O–H groups in total. The average molecular weight is 318 g/mol. The first-order valence-corrected chi connectivity index (χ1v) is 6.57. The van der Waals surface area contributed by atoms with Gasteiger partial charge in [0.05, 0.1) is 12.5 Å². The first kappa shape index (κ1) is 16.8. The Morgan fingerprint density at radius 2 is 2.00 bits per heavy atom. The summed E-state index contributed by atoms with van der Waals surface area (Å²) in [5, 5.41) is 9.05. The topological polar surface area (TPSA) is 70.2 Å². The van der Waals surface area contributed by atoms with E-state index in [0.717, 1.165) is 13.0 Å². The molecule has 1 aliphatic rings. The van der Waals surface area contributed by atoms with Gasteiger partial charge in [0.1, 0.15) is 0 Å². The molecule has 7 heteroatoms. The number of nitrogens with one attached hydrogen (secondary N) is 3. The zero-order valence-corrected chi connectivity index (χ0v) is 12.4. The van der Waals surface area contributed by atoms with E-state index < -0.39 is 0 Å². The summed E-state index contributed by atoms with van der Waals surface area (Å²) in [7, 11) is 0. The van der Waals surface area contributed by atoms with E-state index in [0.29, 0.717) is 17.3 Å². The van der Waals surface area contributed by atoms with Gasteiger partial charge in [0.2, 0.25) is 11.8 Å². The molecule has 1 unspecified atom stereocenters. The van der Waals surface area contributed by atoms with E-state index in [1.165, 1.54) is 0 Å². The molecule has 5 nitrogen and oxygen atoms in total. The lowest BCUT2D eigenvalue weighted by molar-refractivity contribution is -0.126. The Hall–Kier alpha value is -1.30. The van der Waals surface area contributed by atoms with E-state index in [4.69, 9.17) is 11.6 Å². The van der Waals surface area contributed by atoms with E-state index >= 15 is 0 Å². The van der Waals surface area contributed by atoms with Gasteiger partial charge in [-0.25, -0.2) is 0 Å². The molecule has 1 heterocycles. The van der Waals surface area contributed by atoms with Crippen LogP contribution in [-0.4, -0.2) is 31.4 Å². The third-order valence-corrected chi connectivity index (χ3v) is 3.23. The van der Waals surface area contributed by atoms with Crippen molar-refractivity contribution in [3.05, 3.63) is 29.3 Å². The van der Waals surface area contributed by atoms with Gasteiger partial charge >= 0.3 is 0 Å². The first-order valence-electron chi connectivity index (χ1n) is 6.19. The van der Waals surface area contributed by atoms with Crippen molar-refractivity contribution >= 4 is 41.5 Å². The molecular formula is C13H17Cl2N3O2. The molecule has 0 bridgehead atoms. The summed E-state index contributed by atoms with van der Waals surface area (Å²) < 4.78 is 0. The fourth-order valence-corrected chi connectivity index (χ4v) is 2.05. The minimum Gasteiger partial charge on any atom is -0.347 e. The Bertz CT molecular complexity index is 459. The Kier molecular flexibility index (Phi) is 6.78. The molecule has 1 aromatic carbocycles. The Morgan fingerprint density at radius 1 is 1.30 bits per heavy atom. The van der Waals surface area contributed by atoms with Gasteiger partial charge in [-0.2, -0.15) is 0 Å². The lowest BCUT2D eigenvalue weighted by atomic mass is 10.1. The zero-order valence-electron chi connectivity index (χ0n) is 10.8. The molecule has 1 atom stereocenters. The van der Waals surface area contributed by atoms with Crippen LogP contribution in [0, 0.1) is 5.92 Å². The minimum absolute atomic E-state index is 0. The number of hydrogen-bond donors (Lipinski definition) is 3. The van der Waals surface area contributed by atoms with E-state index in [9.17, 15) is 9.59 Å². The molecule has 1 fully saturated rings. The largest absolute Gasteiger partial charge is 0.347 e. The molecule has 1 saturated heterocycles. The van der Waals surface area contributed by atoms with Crippen LogP contribution in [0.25, 0.3) is 0 Å². The molecule has 2 amide bonds. The maximum Gasteiger partial charge on any atom is 0.243 e. The van der Waals surface area contributed by atoms with Crippen LogP contribution in [0.3, 0.4) is 0 Å². The summed E-state index contributed by atoms with van der Waals surface area (Å²) in [6, 6.07) is 6.81. The van der Waals surface area contributed by atoms with Crippen molar-refractivity contribution in [2.75, 3.05) is 25.0 Å². The zero-order chi connectivity index (χ0) is 13.7. The van der Waals surface area contributed by atoms with Crippen LogP contribution in [0.2, 0.25) is 5.02 Å². The predicted octanol–water partition coefficient (Wildman–Crippen LogP) is 1.43. The minimum atomic E-state index is -0.248. The normalized spacial score (nSPS) is 17.1. The van der Waals surface area contributed by atoms with Crippen LogP contribution in [0.15, 0.2) is 24.3 Å². The summed E-state index contributed by atoms with van der Waals surface area (Å²) in [6.07, 6.45) is 0.824. The molecule has 1 aliphatic heterocycles. The number of anilines is 1. The Labute approximate surface area is 128 Å². The highest BCUT2D eigenvalue weighted by Gasteiger charge is 2.22. The summed E-state index contributed by atoms with van der Waals surface area (Å²) in [5.41, 5.74) is 0.659. The molecule has 0 aliphatic carbocycles. The van der Waals surface area contributed by atoms with Crippen molar-refractivity contribution in [1.82, 2.24) is 10.6 Å². The molecule has 0 radical (unpaired) electrons. The number of halogens is 2. The summed E-state index contributed by atoms with van der Waals surface area (Å²) in [6.45, 7) is 1.53. The molecule has 0 saturated carbocycles. The molecular weight excluding hydrogens is 301 g/mol. The van der Waals surface area contributed by atoms with Gasteiger partial charge in [0.15, 0.2) is 0 Å². The lowest BCUT2D eigenvalue weighted by Crippen LogP contribution is -2.37. The quantitative estimate of drug-likeness (QED) is 0.786. The average Bonchev–Trinajstić information content (AvgIpc) is 2.93. The van der Waals surface area contributed by atoms with Gasteiger partial charge in [-0.15, -0.1) is 12.4 Å². The first-order chi connectivity index (χ1) is 9.15. The van der Waals surface area contributed by atoms with Crippen molar-refractivity contribution in [2.45, 2.75) is 6.42 Å². The Balaban J connectivity index is 0.00000200. The summed E-state index contributed by atoms with van der Waals surface area (Å²) in [5.74, 6) is -0.346. The number of benzene rings is 1. The monoisotopic (exact) mass is 317 g/mol. The van der Waals surface area contributed by atoms with E-state index in [-0.39, 0.29) is 36.7 Å². The van der Waals surface area contributed by atoms with Crippen LogP contribution in [0.4, 0.5) is 5.69 Å². The van der Waals surface area contributed by atoms with Crippen LogP contribution in [0.5, 0.6) is 0 Å². The van der Waals surface area contributed by atoms with Crippen molar-refractivity contribution < 1.29 is 9.59 Å². The van der Waals surface area contributed by atoms with Crippen molar-refractivity contribution in [2.24, 2.45) is 5.92 Å². The smallest absolute Gasteiger partial charge is 0.243 e. The van der Waals surface area contributed by atoms with Crippen LogP contribution in [-0.2, 0) is 9.59 Å². The van der Waals surface area contributed by atoms with Gasteiger partial charge in [-0.05, 0) is 37.2 Å². The molecule has 0 spiro atoms. The van der Waals surface area contributed by atoms with E-state index in [1.54, 1.807) is 24.3 Å². The van der Waals surface area contributed by atoms with Gasteiger partial charge < -0.3 is 16.0 Å². The number of amides is 2. The predicted molar refractivity (Wildman–Crippen MR) is 81.3 cm³/mol. The number of carbonyl (C=O) groups excluding carboxylic acids is 2. The molecule has 2 rings (SSSR count). The van der Waals surface area contributed by atoms with Crippen molar-refractivity contribution in [3.63, 3.8) is 0 Å². The third-order valence-electron chi connectivity index (χ3n) is 2.98. The maximum atomic E-state index is 11.7. The van der Waals surface area contributed by atoms with Gasteiger partial charge in [-0.1, -0.05) is 11.6 Å². The van der Waals surface area contributed by atoms with Crippen molar-refractivity contribution in [3.8, 4) is 0 Å². The molecule has 20 heavy (non-hydrogen) atoms. The highest BCUT2D eigenvalue weighted by Crippen LogP contribution is 2.13. The second-order valence-electron chi connectivity index (χ2n) is 4.46. The third kappa shape index (κ3) is 5.00. The standard InChI is InChI=1S/C13H16ClN3O2.ClH/c14-10-1-3-11(4-2-10)17-12(18)8-16-13(19)9-5-6-15-7-9;/h1-4,9,15H,5-8H2,(H,16,19)(H,17,18);1H. The van der Waals surface area contributed by atoms with Crippen molar-refractivity contribution in [1.29, 1.82) is 0 Å². The Morgan fingerprint density at radius 3 is 2.60 bits per heavy atom. The molecule has 0 aromatic heterocycles. The maximum absolute atomic E-state index is 11.7. The second-order valence-corrected chi connectivity index (χ2v) is 4.90. The fourth-order valence-electron chi connectivity index (χ4n) is 1.93. The van der Waals surface area contributed by atoms with E-state index in [1.807, 2.05) is 0 Å². The van der Waals surface area contributed by atoms with E-state index in [2.05, 4.69) is 16.0 Å². The highest BCUT2D eigenvalue weighted by molar-refractivity contribution is 6.30. The number of hydrogen-bond acceptors (Lipinski definition) is 3. The lowest BCUT2D eigenvalue weighted by Gasteiger charge is -2.10. The van der Waals surface area contributed by atoms with Crippen LogP contribution in [0.1, 0.15) is 6.42 Å². The second kappa shape index (κ2) is 8.09. The molecule has 1 aromatic rings. The van der Waals surface area contributed by atoms with Crippen LogP contribution >= 0.6 is 24.0 Å².